The quantitative estimate of drug-likeness (QED) is 0.0624. The van der Waals surface area contributed by atoms with Gasteiger partial charge in [0.2, 0.25) is 11.8 Å². The van der Waals surface area contributed by atoms with Crippen molar-refractivity contribution in [2.24, 2.45) is 0 Å². The third-order valence-corrected chi connectivity index (χ3v) is 8.87. The highest BCUT2D eigenvalue weighted by molar-refractivity contribution is 7.17. The number of carbonyl (C=O) groups is 4. The molecule has 3 aromatic rings. The van der Waals surface area contributed by atoms with Crippen molar-refractivity contribution in [1.29, 1.82) is 0 Å². The third-order valence-electron chi connectivity index (χ3n) is 7.60. The number of ether oxygens (including phenoxy) is 2. The average molecular weight is 719 g/mol. The number of halogens is 1. The largest absolute Gasteiger partial charge is 0.465 e. The highest BCUT2D eigenvalue weighted by Crippen LogP contribution is 2.28. The Morgan fingerprint density at radius 1 is 0.980 bits per heavy atom. The molecule has 0 saturated carbocycles. The zero-order valence-corrected chi connectivity index (χ0v) is 29.9. The SMILES string of the molecule is CCOC(OCC)[C@H](C)N(Cc1csc2ccccc12)C(=O)[C@H](CCCCNC(=O)O)NC(=O)CN(C)NC(=O)NCc1ccc(Cl)cc1. The first-order chi connectivity index (χ1) is 23.5. The molecule has 15 heteroatoms. The summed E-state index contributed by atoms with van der Waals surface area (Å²) in [4.78, 5) is 52.9. The first-order valence-electron chi connectivity index (χ1n) is 16.3. The monoisotopic (exact) mass is 718 g/mol. The van der Waals surface area contributed by atoms with Crippen molar-refractivity contribution in [2.75, 3.05) is 33.4 Å². The van der Waals surface area contributed by atoms with Gasteiger partial charge in [-0.05, 0) is 80.1 Å². The predicted molar refractivity (Wildman–Crippen MR) is 190 cm³/mol. The highest BCUT2D eigenvalue weighted by Gasteiger charge is 2.34. The number of nitrogens with one attached hydrogen (secondary N) is 4. The van der Waals surface area contributed by atoms with E-state index in [1.807, 2.05) is 50.4 Å². The Kier molecular flexibility index (Phi) is 16.5. The van der Waals surface area contributed by atoms with Crippen LogP contribution in [-0.2, 0) is 32.2 Å². The number of hydrogen-bond donors (Lipinski definition) is 5. The van der Waals surface area contributed by atoms with Gasteiger partial charge in [0.15, 0.2) is 6.29 Å². The molecule has 0 bridgehead atoms. The zero-order chi connectivity index (χ0) is 35.8. The summed E-state index contributed by atoms with van der Waals surface area (Å²) in [6.45, 7) is 6.81. The van der Waals surface area contributed by atoms with Crippen LogP contribution in [0.3, 0.4) is 0 Å². The topological polar surface area (TPSA) is 162 Å². The van der Waals surface area contributed by atoms with E-state index in [9.17, 15) is 19.2 Å². The molecule has 0 aliphatic heterocycles. The fourth-order valence-corrected chi connectivity index (χ4v) is 6.26. The van der Waals surface area contributed by atoms with Gasteiger partial charge in [-0.25, -0.2) is 14.6 Å². The van der Waals surface area contributed by atoms with Crippen LogP contribution in [0.5, 0.6) is 0 Å². The summed E-state index contributed by atoms with van der Waals surface area (Å²) in [7, 11) is 1.54. The van der Waals surface area contributed by atoms with E-state index in [4.69, 9.17) is 26.2 Å². The average Bonchev–Trinajstić information content (AvgIpc) is 3.48. The first kappa shape index (κ1) is 39.5. The van der Waals surface area contributed by atoms with Gasteiger partial charge in [-0.3, -0.25) is 15.0 Å². The summed E-state index contributed by atoms with van der Waals surface area (Å²) in [5.74, 6) is -0.815. The van der Waals surface area contributed by atoms with E-state index in [2.05, 4.69) is 21.4 Å². The zero-order valence-electron chi connectivity index (χ0n) is 28.4. The molecule has 5 amide bonds. The number of hydrogen-bond acceptors (Lipinski definition) is 8. The molecule has 49 heavy (non-hydrogen) atoms. The second-order valence-electron chi connectivity index (χ2n) is 11.4. The van der Waals surface area contributed by atoms with Crippen LogP contribution in [0, 0.1) is 0 Å². The Labute approximate surface area is 296 Å². The lowest BCUT2D eigenvalue weighted by atomic mass is 10.0. The van der Waals surface area contributed by atoms with Gasteiger partial charge in [0.05, 0.1) is 12.6 Å². The standard InChI is InChI=1S/C34H47ClN6O7S/c1-5-47-32(48-6-2)23(3)41(20-25-22-49-29-13-8-7-11-27(25)29)31(43)28(12-9-10-18-36-34(45)46)38-30(42)21-40(4)39-33(44)37-19-24-14-16-26(35)17-15-24/h7-8,11,13-17,22-23,28,32,36H,5-6,9-10,12,18-21H2,1-4H3,(H,38,42)(H,45,46)(H2,37,39,44)/t23-,28-/m0/s1. The molecular weight excluding hydrogens is 672 g/mol. The maximum Gasteiger partial charge on any atom is 0.404 e. The summed E-state index contributed by atoms with van der Waals surface area (Å²) in [6, 6.07) is 13.0. The van der Waals surface area contributed by atoms with Crippen LogP contribution in [0.15, 0.2) is 53.9 Å². The predicted octanol–water partition coefficient (Wildman–Crippen LogP) is 4.94. The molecule has 0 radical (unpaired) electrons. The lowest BCUT2D eigenvalue weighted by molar-refractivity contribution is -0.179. The van der Waals surface area contributed by atoms with E-state index < -0.39 is 36.4 Å². The molecule has 0 spiro atoms. The number of urea groups is 1. The minimum atomic E-state index is -1.13. The van der Waals surface area contributed by atoms with Crippen molar-refractivity contribution in [3.05, 3.63) is 70.1 Å². The first-order valence-corrected chi connectivity index (χ1v) is 17.5. The summed E-state index contributed by atoms with van der Waals surface area (Å²) in [6.07, 6.45) is -0.656. The molecule has 1 aromatic heterocycles. The van der Waals surface area contributed by atoms with Gasteiger partial charge < -0.3 is 35.4 Å². The Bertz CT molecular complexity index is 1500. The van der Waals surface area contributed by atoms with E-state index in [-0.39, 0.29) is 38.5 Å². The molecule has 13 nitrogen and oxygen atoms in total. The fraction of sp³-hybridized carbons (Fsp3) is 0.471. The van der Waals surface area contributed by atoms with Crippen LogP contribution in [0.25, 0.3) is 10.1 Å². The number of fused-ring (bicyclic) bond motifs is 1. The number of carbonyl (C=O) groups excluding carboxylic acids is 3. The third kappa shape index (κ3) is 13.1. The van der Waals surface area contributed by atoms with Crippen LogP contribution < -0.4 is 21.4 Å². The van der Waals surface area contributed by atoms with Crippen molar-refractivity contribution >= 4 is 57.0 Å². The number of likely N-dealkylation sites (N-methyl/N-ethyl adjacent to an activating group) is 1. The molecule has 1 heterocycles. The molecule has 2 aromatic carbocycles. The van der Waals surface area contributed by atoms with Crippen LogP contribution in [0.1, 0.15) is 51.2 Å². The van der Waals surface area contributed by atoms with Crippen LogP contribution in [0.4, 0.5) is 9.59 Å². The molecular formula is C34H47ClN6O7S. The van der Waals surface area contributed by atoms with Crippen molar-refractivity contribution in [3.8, 4) is 0 Å². The molecule has 0 unspecified atom stereocenters. The minimum absolute atomic E-state index is 0.208. The molecule has 2 atom stereocenters. The van der Waals surface area contributed by atoms with Crippen molar-refractivity contribution in [2.45, 2.75) is 71.5 Å². The van der Waals surface area contributed by atoms with Gasteiger partial charge in [0.25, 0.3) is 0 Å². The van der Waals surface area contributed by atoms with Crippen LogP contribution in [-0.4, -0.2) is 90.7 Å². The Hall–Kier alpha value is -3.95. The fourth-order valence-electron chi connectivity index (χ4n) is 5.18. The molecule has 0 saturated heterocycles. The lowest BCUT2D eigenvalue weighted by Gasteiger charge is -2.36. The van der Waals surface area contributed by atoms with Crippen LogP contribution >= 0.6 is 22.9 Å². The van der Waals surface area contributed by atoms with Gasteiger partial charge in [-0.15, -0.1) is 11.3 Å². The second kappa shape index (κ2) is 20.5. The van der Waals surface area contributed by atoms with Crippen LogP contribution in [0.2, 0.25) is 5.02 Å². The highest BCUT2D eigenvalue weighted by atomic mass is 35.5. The number of unbranched alkanes of at least 4 members (excludes halogenated alkanes) is 1. The Morgan fingerprint density at radius 3 is 2.35 bits per heavy atom. The number of benzene rings is 2. The number of amides is 5. The number of rotatable bonds is 20. The molecule has 0 aliphatic rings. The molecule has 0 aliphatic carbocycles. The van der Waals surface area contributed by atoms with E-state index >= 15 is 0 Å². The number of thiophene rings is 1. The summed E-state index contributed by atoms with van der Waals surface area (Å²) in [5.41, 5.74) is 4.41. The molecule has 268 valence electrons. The molecule has 0 fully saturated rings. The number of hydrazine groups is 1. The minimum Gasteiger partial charge on any atom is -0.465 e. The Balaban J connectivity index is 1.76. The molecule has 3 rings (SSSR count). The normalized spacial score (nSPS) is 12.5. The second-order valence-corrected chi connectivity index (χ2v) is 12.7. The summed E-state index contributed by atoms with van der Waals surface area (Å²) in [5, 5.41) is 21.8. The maximum absolute atomic E-state index is 14.5. The maximum atomic E-state index is 14.5. The van der Waals surface area contributed by atoms with E-state index in [1.54, 1.807) is 47.5 Å². The summed E-state index contributed by atoms with van der Waals surface area (Å²) >= 11 is 7.51. The van der Waals surface area contributed by atoms with E-state index in [0.29, 0.717) is 31.1 Å². The van der Waals surface area contributed by atoms with Gasteiger partial charge in [0, 0.05) is 49.6 Å². The van der Waals surface area contributed by atoms with E-state index in [0.717, 1.165) is 21.2 Å². The van der Waals surface area contributed by atoms with E-state index in [1.165, 1.54) is 5.01 Å². The van der Waals surface area contributed by atoms with Crippen molar-refractivity contribution in [3.63, 3.8) is 0 Å². The van der Waals surface area contributed by atoms with Gasteiger partial charge in [-0.2, -0.15) is 0 Å². The number of carboxylic acid groups (broad SMARTS) is 1. The van der Waals surface area contributed by atoms with Gasteiger partial charge in [0.1, 0.15) is 6.04 Å². The summed E-state index contributed by atoms with van der Waals surface area (Å²) < 4.78 is 12.9. The Morgan fingerprint density at radius 2 is 1.67 bits per heavy atom. The van der Waals surface area contributed by atoms with Gasteiger partial charge in [-0.1, -0.05) is 41.9 Å². The number of nitrogens with zero attached hydrogens (tertiary/aromatic N) is 2. The van der Waals surface area contributed by atoms with Crippen molar-refractivity contribution < 1.29 is 33.8 Å². The van der Waals surface area contributed by atoms with Crippen molar-refractivity contribution in [1.82, 2.24) is 31.3 Å². The lowest BCUT2D eigenvalue weighted by Crippen LogP contribution is -2.56. The molecule has 5 N–H and O–H groups in total. The van der Waals surface area contributed by atoms with Gasteiger partial charge >= 0.3 is 12.1 Å². The smallest absolute Gasteiger partial charge is 0.404 e.